The van der Waals surface area contributed by atoms with Crippen LogP contribution in [0.5, 0.6) is 5.75 Å². The summed E-state index contributed by atoms with van der Waals surface area (Å²) in [6.45, 7) is 5.81. The van der Waals surface area contributed by atoms with E-state index in [2.05, 4.69) is 22.0 Å². The molecule has 1 aliphatic rings. The van der Waals surface area contributed by atoms with Gasteiger partial charge in [0.2, 0.25) is 0 Å². The Balaban J connectivity index is 0.00000225. The van der Waals surface area contributed by atoms with Crippen LogP contribution in [0.4, 0.5) is 16.2 Å². The number of carbonyl (C=O) groups excluding carboxylic acids is 1. The Morgan fingerprint density at radius 2 is 1.84 bits per heavy atom. The Morgan fingerprint density at radius 3 is 2.60 bits per heavy atom. The first-order valence-electron chi connectivity index (χ1n) is 8.27. The van der Waals surface area contributed by atoms with Gasteiger partial charge in [-0.05, 0) is 62.2 Å². The number of hydrogen-bond acceptors (Lipinski definition) is 3. The molecule has 0 atom stereocenters. The number of benzene rings is 2. The first kappa shape index (κ1) is 19.1. The van der Waals surface area contributed by atoms with E-state index in [1.807, 2.05) is 50.2 Å². The molecule has 0 saturated heterocycles. The highest BCUT2D eigenvalue weighted by Gasteiger charge is 2.10. The fraction of sp³-hybridized carbons (Fsp3) is 0.316. The van der Waals surface area contributed by atoms with E-state index in [0.717, 1.165) is 30.9 Å². The van der Waals surface area contributed by atoms with Crippen LogP contribution in [0.25, 0.3) is 0 Å². The molecule has 3 rings (SSSR count). The molecule has 2 aromatic carbocycles. The van der Waals surface area contributed by atoms with Crippen LogP contribution in [0.15, 0.2) is 42.5 Å². The van der Waals surface area contributed by atoms with Crippen LogP contribution in [-0.2, 0) is 13.0 Å². The Bertz CT molecular complexity index is 734. The fourth-order valence-electron chi connectivity index (χ4n) is 2.77. The monoisotopic (exact) mass is 361 g/mol. The normalized spacial score (nSPS) is 12.8. The van der Waals surface area contributed by atoms with Gasteiger partial charge in [-0.2, -0.15) is 0 Å². The third-order valence-corrected chi connectivity index (χ3v) is 3.81. The topological polar surface area (TPSA) is 62.4 Å². The van der Waals surface area contributed by atoms with Gasteiger partial charge in [-0.15, -0.1) is 12.4 Å². The third-order valence-electron chi connectivity index (χ3n) is 3.81. The van der Waals surface area contributed by atoms with Crippen molar-refractivity contribution in [3.05, 3.63) is 53.6 Å². The second-order valence-electron chi connectivity index (χ2n) is 6.18. The van der Waals surface area contributed by atoms with E-state index in [-0.39, 0.29) is 24.5 Å². The van der Waals surface area contributed by atoms with Crippen molar-refractivity contribution in [2.75, 3.05) is 17.2 Å². The van der Waals surface area contributed by atoms with Gasteiger partial charge in [0.1, 0.15) is 5.75 Å². The smallest absolute Gasteiger partial charge is 0.323 e. The van der Waals surface area contributed by atoms with Crippen molar-refractivity contribution in [3.8, 4) is 5.75 Å². The summed E-state index contributed by atoms with van der Waals surface area (Å²) < 4.78 is 5.64. The molecular formula is C19H24ClN3O2. The van der Waals surface area contributed by atoms with Gasteiger partial charge in [-0.1, -0.05) is 12.1 Å². The minimum atomic E-state index is -0.259. The van der Waals surface area contributed by atoms with Crippen LogP contribution in [0, 0.1) is 0 Å². The molecule has 0 radical (unpaired) electrons. The average Bonchev–Trinajstić information content (AvgIpc) is 2.54. The molecule has 2 amide bonds. The van der Waals surface area contributed by atoms with Gasteiger partial charge in [-0.3, -0.25) is 0 Å². The molecule has 0 aromatic heterocycles. The number of nitrogens with one attached hydrogen (secondary N) is 3. The predicted octanol–water partition coefficient (Wildman–Crippen LogP) is 4.19. The summed E-state index contributed by atoms with van der Waals surface area (Å²) in [5.74, 6) is 0.740. The lowest BCUT2D eigenvalue weighted by molar-refractivity contribution is 0.242. The number of halogens is 1. The number of urea groups is 1. The molecule has 0 aliphatic carbocycles. The lowest BCUT2D eigenvalue weighted by Crippen LogP contribution is -2.24. The van der Waals surface area contributed by atoms with E-state index in [9.17, 15) is 4.79 Å². The second-order valence-corrected chi connectivity index (χ2v) is 6.18. The Morgan fingerprint density at radius 1 is 1.08 bits per heavy atom. The molecule has 3 N–H and O–H groups in total. The van der Waals surface area contributed by atoms with Crippen LogP contribution in [0.1, 0.15) is 25.0 Å². The standard InChI is InChI=1S/C19H23N3O2.ClH/c1-13(2)24-18-5-3-4-16(11-18)21-19(23)22-17-7-6-15-12-20-9-8-14(15)10-17;/h3-7,10-11,13,20H,8-9,12H2,1-2H3,(H2,21,22,23);1H. The van der Waals surface area contributed by atoms with Crippen molar-refractivity contribution >= 4 is 29.8 Å². The van der Waals surface area contributed by atoms with Gasteiger partial charge < -0.3 is 20.7 Å². The zero-order chi connectivity index (χ0) is 16.9. The maximum atomic E-state index is 12.2. The van der Waals surface area contributed by atoms with E-state index in [1.165, 1.54) is 11.1 Å². The number of rotatable bonds is 4. The predicted molar refractivity (Wildman–Crippen MR) is 104 cm³/mol. The van der Waals surface area contributed by atoms with E-state index >= 15 is 0 Å². The maximum Gasteiger partial charge on any atom is 0.323 e. The summed E-state index contributed by atoms with van der Waals surface area (Å²) in [6.07, 6.45) is 1.08. The van der Waals surface area contributed by atoms with Gasteiger partial charge in [0.25, 0.3) is 0 Å². The highest BCUT2D eigenvalue weighted by Crippen LogP contribution is 2.21. The number of ether oxygens (including phenoxy) is 1. The lowest BCUT2D eigenvalue weighted by Gasteiger charge is -2.18. The summed E-state index contributed by atoms with van der Waals surface area (Å²) in [6, 6.07) is 13.2. The average molecular weight is 362 g/mol. The van der Waals surface area contributed by atoms with Crippen molar-refractivity contribution in [1.82, 2.24) is 5.32 Å². The minimum Gasteiger partial charge on any atom is -0.491 e. The van der Waals surface area contributed by atoms with Crippen LogP contribution in [0.2, 0.25) is 0 Å². The minimum absolute atomic E-state index is 0. The largest absolute Gasteiger partial charge is 0.491 e. The first-order chi connectivity index (χ1) is 11.6. The summed E-state index contributed by atoms with van der Waals surface area (Å²) in [7, 11) is 0. The van der Waals surface area contributed by atoms with E-state index in [1.54, 1.807) is 0 Å². The van der Waals surface area contributed by atoms with E-state index < -0.39 is 0 Å². The molecular weight excluding hydrogens is 338 g/mol. The van der Waals surface area contributed by atoms with Crippen molar-refractivity contribution in [3.63, 3.8) is 0 Å². The van der Waals surface area contributed by atoms with Crippen molar-refractivity contribution in [1.29, 1.82) is 0 Å². The molecule has 0 bridgehead atoms. The summed E-state index contributed by atoms with van der Waals surface area (Å²) in [5, 5.41) is 9.07. The van der Waals surface area contributed by atoms with E-state index in [4.69, 9.17) is 4.74 Å². The van der Waals surface area contributed by atoms with Crippen LogP contribution in [0.3, 0.4) is 0 Å². The van der Waals surface area contributed by atoms with Crippen molar-refractivity contribution in [2.45, 2.75) is 32.9 Å². The van der Waals surface area contributed by atoms with Gasteiger partial charge in [0.05, 0.1) is 6.10 Å². The third kappa shape index (κ3) is 5.37. The number of fused-ring (bicyclic) bond motifs is 1. The molecule has 134 valence electrons. The highest BCUT2D eigenvalue weighted by molar-refractivity contribution is 5.99. The molecule has 1 aliphatic heterocycles. The van der Waals surface area contributed by atoms with Gasteiger partial charge in [0, 0.05) is 24.0 Å². The van der Waals surface area contributed by atoms with Crippen molar-refractivity contribution in [2.24, 2.45) is 0 Å². The SMILES string of the molecule is CC(C)Oc1cccc(NC(=O)Nc2ccc3c(c2)CCNC3)c1.Cl. The van der Waals surface area contributed by atoms with Crippen LogP contribution >= 0.6 is 12.4 Å². The maximum absolute atomic E-state index is 12.2. The molecule has 2 aromatic rings. The molecule has 1 heterocycles. The van der Waals surface area contributed by atoms with Crippen LogP contribution in [-0.4, -0.2) is 18.7 Å². The molecule has 0 fully saturated rings. The summed E-state index contributed by atoms with van der Waals surface area (Å²) in [4.78, 5) is 12.2. The molecule has 0 unspecified atom stereocenters. The zero-order valence-corrected chi connectivity index (χ0v) is 15.3. The number of amides is 2. The lowest BCUT2D eigenvalue weighted by atomic mass is 10.0. The van der Waals surface area contributed by atoms with Gasteiger partial charge in [0.15, 0.2) is 0 Å². The van der Waals surface area contributed by atoms with Gasteiger partial charge >= 0.3 is 6.03 Å². The summed E-state index contributed by atoms with van der Waals surface area (Å²) in [5.41, 5.74) is 4.10. The molecule has 5 nitrogen and oxygen atoms in total. The Labute approximate surface area is 154 Å². The molecule has 6 heteroatoms. The Hall–Kier alpha value is -2.24. The quantitative estimate of drug-likeness (QED) is 0.765. The fourth-order valence-corrected chi connectivity index (χ4v) is 2.77. The summed E-state index contributed by atoms with van der Waals surface area (Å²) >= 11 is 0. The molecule has 25 heavy (non-hydrogen) atoms. The van der Waals surface area contributed by atoms with E-state index in [0.29, 0.717) is 5.69 Å². The number of carbonyl (C=O) groups is 1. The highest BCUT2D eigenvalue weighted by atomic mass is 35.5. The number of hydrogen-bond donors (Lipinski definition) is 3. The number of anilines is 2. The molecule has 0 spiro atoms. The zero-order valence-electron chi connectivity index (χ0n) is 14.5. The van der Waals surface area contributed by atoms with Crippen molar-refractivity contribution < 1.29 is 9.53 Å². The Kier molecular flexibility index (Phi) is 6.67. The first-order valence-corrected chi connectivity index (χ1v) is 8.27. The second kappa shape index (κ2) is 8.74. The van der Waals surface area contributed by atoms with Gasteiger partial charge in [-0.25, -0.2) is 4.79 Å². The molecule has 0 saturated carbocycles. The van der Waals surface area contributed by atoms with Crippen LogP contribution < -0.4 is 20.7 Å².